The number of aliphatic hydroxyl groups excluding tert-OH is 1. The van der Waals surface area contributed by atoms with E-state index in [9.17, 15) is 9.90 Å². The molecule has 5 rings (SSSR count). The van der Waals surface area contributed by atoms with E-state index in [0.29, 0.717) is 12.3 Å². The lowest BCUT2D eigenvalue weighted by Gasteiger charge is -2.41. The number of aromatic nitrogens is 2. The van der Waals surface area contributed by atoms with E-state index in [1.165, 1.54) is 6.92 Å². The number of thioether (sulfide) groups is 1. The molecular formula is C32H33N3O4S. The van der Waals surface area contributed by atoms with Crippen molar-refractivity contribution in [2.45, 2.75) is 50.7 Å². The maximum absolute atomic E-state index is 11.3. The van der Waals surface area contributed by atoms with Gasteiger partial charge in [0.05, 0.1) is 18.8 Å². The summed E-state index contributed by atoms with van der Waals surface area (Å²) in [7, 11) is 0. The van der Waals surface area contributed by atoms with Gasteiger partial charge in [-0.2, -0.15) is 0 Å². The Kier molecular flexibility index (Phi) is 9.23. The van der Waals surface area contributed by atoms with Crippen LogP contribution in [0.1, 0.15) is 48.5 Å². The van der Waals surface area contributed by atoms with E-state index in [4.69, 9.17) is 9.47 Å². The first-order valence-corrected chi connectivity index (χ1v) is 14.3. The van der Waals surface area contributed by atoms with E-state index in [0.717, 1.165) is 38.5 Å². The number of hydrogen-bond donors (Lipinski definition) is 2. The molecule has 0 aliphatic carbocycles. The van der Waals surface area contributed by atoms with Crippen LogP contribution in [0.15, 0.2) is 96.4 Å². The van der Waals surface area contributed by atoms with Crippen molar-refractivity contribution in [1.29, 1.82) is 0 Å². The van der Waals surface area contributed by atoms with Gasteiger partial charge >= 0.3 is 0 Å². The molecule has 1 aliphatic rings. The van der Waals surface area contributed by atoms with Crippen molar-refractivity contribution in [3.8, 4) is 11.1 Å². The van der Waals surface area contributed by atoms with Crippen LogP contribution in [0, 0.1) is 5.92 Å². The molecule has 1 aromatic heterocycles. The molecule has 1 aliphatic heterocycles. The first kappa shape index (κ1) is 28.0. The molecule has 40 heavy (non-hydrogen) atoms. The zero-order valence-electron chi connectivity index (χ0n) is 22.6. The minimum absolute atomic E-state index is 0.00588. The maximum atomic E-state index is 11.3. The molecule has 2 heterocycles. The Balaban J connectivity index is 1.36. The van der Waals surface area contributed by atoms with Gasteiger partial charge in [-0.1, -0.05) is 85.4 Å². The molecule has 1 amide bonds. The molecule has 4 atom stereocenters. The molecule has 0 saturated carbocycles. The molecule has 8 heteroatoms. The Morgan fingerprint density at radius 1 is 0.900 bits per heavy atom. The molecule has 2 N–H and O–H groups in total. The minimum Gasteiger partial charge on any atom is -0.392 e. The van der Waals surface area contributed by atoms with Crippen LogP contribution in [-0.2, 0) is 27.4 Å². The van der Waals surface area contributed by atoms with E-state index in [-0.39, 0.29) is 30.6 Å². The Morgan fingerprint density at radius 2 is 1.62 bits per heavy atom. The topological polar surface area (TPSA) is 93.6 Å². The van der Waals surface area contributed by atoms with Gasteiger partial charge in [0.1, 0.15) is 0 Å². The lowest BCUT2D eigenvalue weighted by Crippen LogP contribution is -2.38. The summed E-state index contributed by atoms with van der Waals surface area (Å²) in [5.74, 6) is 0.723. The number of carbonyl (C=O) groups is 1. The summed E-state index contributed by atoms with van der Waals surface area (Å²) < 4.78 is 13.1. The molecule has 7 nitrogen and oxygen atoms in total. The summed E-state index contributed by atoms with van der Waals surface area (Å²) in [5, 5.41) is 13.1. The summed E-state index contributed by atoms with van der Waals surface area (Å²) in [6, 6.07) is 26.1. The number of amides is 1. The van der Waals surface area contributed by atoms with Crippen LogP contribution in [0.25, 0.3) is 11.1 Å². The van der Waals surface area contributed by atoms with Crippen LogP contribution in [0.4, 0.5) is 0 Å². The fourth-order valence-electron chi connectivity index (χ4n) is 4.75. The van der Waals surface area contributed by atoms with Crippen LogP contribution in [0.5, 0.6) is 0 Å². The molecule has 206 valence electrons. The quantitative estimate of drug-likeness (QED) is 0.197. The average Bonchev–Trinajstić information content (AvgIpc) is 3.00. The second-order valence-electron chi connectivity index (χ2n) is 9.90. The van der Waals surface area contributed by atoms with Crippen molar-refractivity contribution in [1.82, 2.24) is 15.3 Å². The summed E-state index contributed by atoms with van der Waals surface area (Å²) in [6.45, 7) is 4.17. The van der Waals surface area contributed by atoms with Gasteiger partial charge in [-0.05, 0) is 39.9 Å². The smallest absolute Gasteiger partial charge is 0.217 e. The number of nitrogens with one attached hydrogen (secondary N) is 1. The number of benzene rings is 3. The molecule has 0 radical (unpaired) electrons. The van der Waals surface area contributed by atoms with Gasteiger partial charge in [0.25, 0.3) is 0 Å². The van der Waals surface area contributed by atoms with E-state index < -0.39 is 6.29 Å². The van der Waals surface area contributed by atoms with Gasteiger partial charge in [-0.3, -0.25) is 4.79 Å². The highest BCUT2D eigenvalue weighted by Crippen LogP contribution is 2.43. The van der Waals surface area contributed by atoms with Gasteiger partial charge in [0, 0.05) is 43.1 Å². The normalized spacial score (nSPS) is 20.7. The molecule has 4 aromatic rings. The lowest BCUT2D eigenvalue weighted by molar-refractivity contribution is -0.268. The van der Waals surface area contributed by atoms with Crippen LogP contribution >= 0.6 is 11.8 Å². The Labute approximate surface area is 239 Å². The Morgan fingerprint density at radius 3 is 2.33 bits per heavy atom. The predicted octanol–water partition coefficient (Wildman–Crippen LogP) is 5.86. The number of aliphatic hydroxyl groups is 1. The molecule has 0 bridgehead atoms. The number of carbonyl (C=O) groups excluding carboxylic acids is 1. The first-order chi connectivity index (χ1) is 19.5. The van der Waals surface area contributed by atoms with Crippen LogP contribution in [0.2, 0.25) is 0 Å². The van der Waals surface area contributed by atoms with Crippen molar-refractivity contribution in [2.24, 2.45) is 5.92 Å². The second kappa shape index (κ2) is 13.2. The third-order valence-corrected chi connectivity index (χ3v) is 7.99. The highest BCUT2D eigenvalue weighted by molar-refractivity contribution is 7.99. The predicted molar refractivity (Wildman–Crippen MR) is 155 cm³/mol. The molecule has 0 spiro atoms. The number of hydrogen-bond acceptors (Lipinski definition) is 7. The standard InChI is InChI=1S/C32H33N3O4S/c1-21-29(20-40-32-33-15-4-16-34-32)38-31(39-30(21)26-9-7-23(19-36)8-10-26)27-13-11-25(12-14-27)28-6-3-5-24(17-28)18-35-22(2)37/h3-17,21,29-31,36H,18-20H2,1-2H3,(H,35,37). The highest BCUT2D eigenvalue weighted by atomic mass is 32.2. The fraction of sp³-hybridized carbons (Fsp3) is 0.281. The number of nitrogens with zero attached hydrogens (tertiary/aromatic N) is 2. The zero-order valence-corrected chi connectivity index (χ0v) is 23.4. The van der Waals surface area contributed by atoms with Gasteiger partial charge in [-0.15, -0.1) is 0 Å². The lowest BCUT2D eigenvalue weighted by atomic mass is 9.91. The van der Waals surface area contributed by atoms with E-state index in [1.807, 2.05) is 54.6 Å². The van der Waals surface area contributed by atoms with Crippen LogP contribution in [0.3, 0.4) is 0 Å². The molecule has 3 aromatic carbocycles. The Hall–Kier alpha value is -3.56. The Bertz CT molecular complexity index is 1400. The zero-order chi connectivity index (χ0) is 27.9. The first-order valence-electron chi connectivity index (χ1n) is 13.3. The third-order valence-electron chi connectivity index (χ3n) is 7.03. The minimum atomic E-state index is -0.541. The highest BCUT2D eigenvalue weighted by Gasteiger charge is 2.38. The molecule has 1 fully saturated rings. The monoisotopic (exact) mass is 555 g/mol. The van der Waals surface area contributed by atoms with Crippen molar-refractivity contribution in [2.75, 3.05) is 5.75 Å². The molecular weight excluding hydrogens is 522 g/mol. The largest absolute Gasteiger partial charge is 0.392 e. The van der Waals surface area contributed by atoms with Crippen LogP contribution < -0.4 is 5.32 Å². The SMILES string of the molecule is CC(=O)NCc1cccc(-c2ccc(C3OC(CSc4ncccn4)C(C)C(c4ccc(CO)cc4)O3)cc2)c1. The number of rotatable bonds is 9. The molecule has 4 unspecified atom stereocenters. The maximum Gasteiger partial charge on any atom is 0.217 e. The van der Waals surface area contributed by atoms with Crippen molar-refractivity contribution in [3.05, 3.63) is 114 Å². The van der Waals surface area contributed by atoms with E-state index in [2.05, 4.69) is 46.5 Å². The van der Waals surface area contributed by atoms with Gasteiger partial charge in [0.2, 0.25) is 5.91 Å². The van der Waals surface area contributed by atoms with E-state index >= 15 is 0 Å². The van der Waals surface area contributed by atoms with Gasteiger partial charge in [-0.25, -0.2) is 9.97 Å². The summed E-state index contributed by atoms with van der Waals surface area (Å²) in [5.41, 5.74) is 6.05. The third kappa shape index (κ3) is 6.95. The number of ether oxygens (including phenoxy) is 2. The summed E-state index contributed by atoms with van der Waals surface area (Å²) in [4.78, 5) is 20.0. The van der Waals surface area contributed by atoms with E-state index in [1.54, 1.807) is 24.2 Å². The van der Waals surface area contributed by atoms with Crippen LogP contribution in [-0.4, -0.2) is 32.8 Å². The van der Waals surface area contributed by atoms with Crippen molar-refractivity contribution in [3.63, 3.8) is 0 Å². The summed E-state index contributed by atoms with van der Waals surface area (Å²) >= 11 is 1.58. The van der Waals surface area contributed by atoms with Gasteiger partial charge in [0.15, 0.2) is 11.4 Å². The molecule has 1 saturated heterocycles. The average molecular weight is 556 g/mol. The van der Waals surface area contributed by atoms with Gasteiger partial charge < -0.3 is 19.9 Å². The van der Waals surface area contributed by atoms with Crippen molar-refractivity contribution >= 4 is 17.7 Å². The fourth-order valence-corrected chi connectivity index (χ4v) is 5.71. The summed E-state index contributed by atoms with van der Waals surface area (Å²) in [6.07, 6.45) is 2.67. The second-order valence-corrected chi connectivity index (χ2v) is 10.9. The van der Waals surface area contributed by atoms with Crippen molar-refractivity contribution < 1.29 is 19.4 Å².